The van der Waals surface area contributed by atoms with E-state index in [0.29, 0.717) is 16.0 Å². The van der Waals surface area contributed by atoms with E-state index < -0.39 is 9.05 Å². The van der Waals surface area contributed by atoms with Crippen molar-refractivity contribution < 1.29 is 17.7 Å². The maximum absolute atomic E-state index is 11.1. The van der Waals surface area contributed by atoms with E-state index in [1.165, 1.54) is 24.6 Å². The maximum atomic E-state index is 11.1. The Morgan fingerprint density at radius 1 is 1.44 bits per heavy atom. The third kappa shape index (κ3) is 3.21. The predicted octanol–water partition coefficient (Wildman–Crippen LogP) is 2.34. The minimum Gasteiger partial charge on any atom is -0.484 e. The van der Waals surface area contributed by atoms with Crippen molar-refractivity contribution in [2.45, 2.75) is 11.5 Å². The van der Waals surface area contributed by atoms with Gasteiger partial charge in [0, 0.05) is 10.7 Å². The van der Waals surface area contributed by atoms with Crippen molar-refractivity contribution in [3.05, 3.63) is 34.9 Å². The second-order valence-electron chi connectivity index (χ2n) is 3.17. The zero-order valence-electron chi connectivity index (χ0n) is 8.71. The highest BCUT2D eigenvalue weighted by atomic mass is 79.9. The van der Waals surface area contributed by atoms with Crippen LogP contribution in [0.1, 0.15) is 5.82 Å². The van der Waals surface area contributed by atoms with Gasteiger partial charge in [0.05, 0.1) is 9.37 Å². The molecule has 6 nitrogen and oxygen atoms in total. The molecular weight excluding hydrogens is 348 g/mol. The summed E-state index contributed by atoms with van der Waals surface area (Å²) in [4.78, 5) is 3.77. The van der Waals surface area contributed by atoms with E-state index in [2.05, 4.69) is 30.6 Å². The molecule has 0 spiro atoms. The number of benzene rings is 1. The largest absolute Gasteiger partial charge is 0.484 e. The SMILES string of the molecule is O=S(=O)(Cl)c1ccc(OCc2ncon2)c(Br)c1. The zero-order valence-corrected chi connectivity index (χ0v) is 11.9. The summed E-state index contributed by atoms with van der Waals surface area (Å²) in [5.41, 5.74) is 0. The van der Waals surface area contributed by atoms with E-state index in [-0.39, 0.29) is 11.5 Å². The van der Waals surface area contributed by atoms with E-state index in [4.69, 9.17) is 15.4 Å². The van der Waals surface area contributed by atoms with Crippen molar-refractivity contribution in [2.75, 3.05) is 0 Å². The van der Waals surface area contributed by atoms with Gasteiger partial charge in [0.15, 0.2) is 6.61 Å². The van der Waals surface area contributed by atoms with Gasteiger partial charge in [-0.3, -0.25) is 0 Å². The number of nitrogens with zero attached hydrogens (tertiary/aromatic N) is 2. The number of halogens is 2. The number of hydrogen-bond acceptors (Lipinski definition) is 6. The molecule has 0 aliphatic carbocycles. The molecule has 0 aliphatic rings. The van der Waals surface area contributed by atoms with E-state index in [0.717, 1.165) is 0 Å². The lowest BCUT2D eigenvalue weighted by Gasteiger charge is -2.06. The van der Waals surface area contributed by atoms with Crippen LogP contribution in [0.4, 0.5) is 0 Å². The highest BCUT2D eigenvalue weighted by Gasteiger charge is 2.13. The first-order valence-corrected chi connectivity index (χ1v) is 7.69. The van der Waals surface area contributed by atoms with Crippen LogP contribution in [0.25, 0.3) is 0 Å². The summed E-state index contributed by atoms with van der Waals surface area (Å²) in [5.74, 6) is 0.833. The van der Waals surface area contributed by atoms with Crippen LogP contribution in [0.5, 0.6) is 5.75 Å². The Balaban J connectivity index is 2.15. The fourth-order valence-corrected chi connectivity index (χ4v) is 2.57. The van der Waals surface area contributed by atoms with Crippen LogP contribution in [0.2, 0.25) is 0 Å². The lowest BCUT2D eigenvalue weighted by Crippen LogP contribution is -1.99. The molecule has 0 N–H and O–H groups in total. The molecule has 18 heavy (non-hydrogen) atoms. The molecule has 96 valence electrons. The second kappa shape index (κ2) is 5.25. The molecule has 0 aliphatic heterocycles. The van der Waals surface area contributed by atoms with E-state index in [9.17, 15) is 8.42 Å². The minimum absolute atomic E-state index is 0.0112. The Labute approximate surface area is 115 Å². The number of rotatable bonds is 4. The van der Waals surface area contributed by atoms with Gasteiger partial charge < -0.3 is 9.26 Å². The van der Waals surface area contributed by atoms with Gasteiger partial charge in [-0.05, 0) is 34.1 Å². The molecule has 0 saturated heterocycles. The van der Waals surface area contributed by atoms with Crippen molar-refractivity contribution in [3.63, 3.8) is 0 Å². The summed E-state index contributed by atoms with van der Waals surface area (Å²) in [6.07, 6.45) is 1.19. The third-order valence-corrected chi connectivity index (χ3v) is 3.92. The predicted molar refractivity (Wildman–Crippen MR) is 65.8 cm³/mol. The molecule has 0 bridgehead atoms. The van der Waals surface area contributed by atoms with Gasteiger partial charge in [0.2, 0.25) is 12.2 Å². The second-order valence-corrected chi connectivity index (χ2v) is 6.59. The molecule has 0 radical (unpaired) electrons. The van der Waals surface area contributed by atoms with Gasteiger partial charge in [-0.2, -0.15) is 4.98 Å². The molecule has 0 atom stereocenters. The topological polar surface area (TPSA) is 82.3 Å². The first kappa shape index (κ1) is 13.3. The standard InChI is InChI=1S/C9H6BrClN2O4S/c10-7-3-6(18(11,14)15)1-2-8(7)16-4-9-12-5-17-13-9/h1-3,5H,4H2. The summed E-state index contributed by atoms with van der Waals surface area (Å²) in [6, 6.07) is 4.19. The van der Waals surface area contributed by atoms with Crippen molar-refractivity contribution in [1.82, 2.24) is 10.1 Å². The third-order valence-electron chi connectivity index (χ3n) is 1.95. The molecule has 1 heterocycles. The summed E-state index contributed by atoms with van der Waals surface area (Å²) in [7, 11) is 1.47. The van der Waals surface area contributed by atoms with Crippen LogP contribution in [-0.4, -0.2) is 18.6 Å². The smallest absolute Gasteiger partial charge is 0.261 e. The Morgan fingerprint density at radius 2 is 2.22 bits per heavy atom. The van der Waals surface area contributed by atoms with E-state index in [1.807, 2.05) is 0 Å². The molecule has 2 rings (SSSR count). The van der Waals surface area contributed by atoms with Crippen LogP contribution in [-0.2, 0) is 15.7 Å². The van der Waals surface area contributed by atoms with Crippen LogP contribution in [0, 0.1) is 0 Å². The van der Waals surface area contributed by atoms with Crippen LogP contribution in [0.15, 0.2) is 38.5 Å². The van der Waals surface area contributed by atoms with Crippen molar-refractivity contribution in [3.8, 4) is 5.75 Å². The molecule has 1 aromatic carbocycles. The van der Waals surface area contributed by atoms with Crippen molar-refractivity contribution >= 4 is 35.7 Å². The lowest BCUT2D eigenvalue weighted by molar-refractivity contribution is 0.284. The molecule has 2 aromatic rings. The van der Waals surface area contributed by atoms with Crippen LogP contribution >= 0.6 is 26.6 Å². The van der Waals surface area contributed by atoms with Gasteiger partial charge in [0.1, 0.15) is 5.75 Å². The van der Waals surface area contributed by atoms with Crippen LogP contribution in [0.3, 0.4) is 0 Å². The minimum atomic E-state index is -3.75. The molecule has 0 unspecified atom stereocenters. The van der Waals surface area contributed by atoms with E-state index in [1.54, 1.807) is 0 Å². The monoisotopic (exact) mass is 352 g/mol. The summed E-state index contributed by atoms with van der Waals surface area (Å²) in [6.45, 7) is 0.113. The normalized spacial score (nSPS) is 11.4. The average molecular weight is 354 g/mol. The van der Waals surface area contributed by atoms with Crippen molar-refractivity contribution in [1.29, 1.82) is 0 Å². The fourth-order valence-electron chi connectivity index (χ4n) is 1.15. The molecular formula is C9H6BrClN2O4S. The highest BCUT2D eigenvalue weighted by Crippen LogP contribution is 2.29. The summed E-state index contributed by atoms with van der Waals surface area (Å²) >= 11 is 3.19. The zero-order chi connectivity index (χ0) is 13.2. The molecule has 0 saturated carbocycles. The Bertz CT molecular complexity index is 645. The van der Waals surface area contributed by atoms with E-state index >= 15 is 0 Å². The molecule has 1 aromatic heterocycles. The lowest BCUT2D eigenvalue weighted by atomic mass is 10.3. The first-order chi connectivity index (χ1) is 8.47. The summed E-state index contributed by atoms with van der Waals surface area (Å²) in [5, 5.41) is 3.57. The van der Waals surface area contributed by atoms with Gasteiger partial charge in [-0.1, -0.05) is 5.16 Å². The Hall–Kier alpha value is -1.12. The summed E-state index contributed by atoms with van der Waals surface area (Å²) < 4.78 is 32.6. The first-order valence-electron chi connectivity index (χ1n) is 4.59. The molecule has 0 amide bonds. The highest BCUT2D eigenvalue weighted by molar-refractivity contribution is 9.10. The molecule has 9 heteroatoms. The number of hydrogen-bond donors (Lipinski definition) is 0. The number of aromatic nitrogens is 2. The average Bonchev–Trinajstić information content (AvgIpc) is 2.79. The number of ether oxygens (including phenoxy) is 1. The van der Waals surface area contributed by atoms with Gasteiger partial charge in [-0.15, -0.1) is 0 Å². The maximum Gasteiger partial charge on any atom is 0.261 e. The molecule has 0 fully saturated rings. The van der Waals surface area contributed by atoms with Gasteiger partial charge in [0.25, 0.3) is 9.05 Å². The fraction of sp³-hybridized carbons (Fsp3) is 0.111. The quantitative estimate of drug-likeness (QED) is 0.785. The Morgan fingerprint density at radius 3 is 2.78 bits per heavy atom. The Kier molecular flexibility index (Phi) is 3.88. The van der Waals surface area contributed by atoms with Crippen molar-refractivity contribution in [2.24, 2.45) is 0 Å². The van der Waals surface area contributed by atoms with Crippen LogP contribution < -0.4 is 4.74 Å². The van der Waals surface area contributed by atoms with Gasteiger partial charge >= 0.3 is 0 Å². The van der Waals surface area contributed by atoms with Gasteiger partial charge in [-0.25, -0.2) is 8.42 Å².